The van der Waals surface area contributed by atoms with Gasteiger partial charge in [0, 0.05) is 12.6 Å². The lowest BCUT2D eigenvalue weighted by Gasteiger charge is -2.28. The highest BCUT2D eigenvalue weighted by molar-refractivity contribution is 7.91. The van der Waals surface area contributed by atoms with Crippen molar-refractivity contribution >= 4 is 21.7 Å². The Hall–Kier alpha value is -1.89. The molecule has 1 unspecified atom stereocenters. The SMILES string of the molecule is CCCCN(C(=O)COC(=O)c1ccccc1)C1CCS(=O)(=O)C1. The van der Waals surface area contributed by atoms with Crippen molar-refractivity contribution < 1.29 is 22.7 Å². The van der Waals surface area contributed by atoms with Crippen molar-refractivity contribution in [2.24, 2.45) is 0 Å². The molecule has 7 heteroatoms. The van der Waals surface area contributed by atoms with Crippen LogP contribution in [-0.4, -0.2) is 55.9 Å². The van der Waals surface area contributed by atoms with Crippen molar-refractivity contribution in [2.45, 2.75) is 32.2 Å². The standard InChI is InChI=1S/C17H23NO5S/c1-2-3-10-18(15-9-11-24(21,22)13-15)16(19)12-23-17(20)14-7-5-4-6-8-14/h4-8,15H,2-3,9-13H2,1H3. The quantitative estimate of drug-likeness (QED) is 0.697. The van der Waals surface area contributed by atoms with E-state index in [1.54, 1.807) is 35.2 Å². The zero-order valence-electron chi connectivity index (χ0n) is 13.8. The molecule has 2 rings (SSSR count). The van der Waals surface area contributed by atoms with Gasteiger partial charge >= 0.3 is 5.97 Å². The van der Waals surface area contributed by atoms with Crippen LogP contribution >= 0.6 is 0 Å². The molecule has 0 aliphatic carbocycles. The van der Waals surface area contributed by atoms with Crippen LogP contribution in [0.4, 0.5) is 0 Å². The summed E-state index contributed by atoms with van der Waals surface area (Å²) in [5.74, 6) is -0.791. The Morgan fingerprint density at radius 1 is 1.25 bits per heavy atom. The third kappa shape index (κ3) is 5.06. The van der Waals surface area contributed by atoms with E-state index in [-0.39, 0.29) is 30.1 Å². The minimum Gasteiger partial charge on any atom is -0.452 e. The summed E-state index contributed by atoms with van der Waals surface area (Å²) < 4.78 is 28.4. The maximum absolute atomic E-state index is 12.4. The normalized spacial score (nSPS) is 19.0. The smallest absolute Gasteiger partial charge is 0.338 e. The van der Waals surface area contributed by atoms with Crippen LogP contribution in [0.2, 0.25) is 0 Å². The number of hydrogen-bond donors (Lipinski definition) is 0. The van der Waals surface area contributed by atoms with Crippen LogP contribution in [0, 0.1) is 0 Å². The first kappa shape index (κ1) is 18.4. The first-order valence-corrected chi connectivity index (χ1v) is 9.97. The zero-order valence-corrected chi connectivity index (χ0v) is 14.6. The van der Waals surface area contributed by atoms with Crippen LogP contribution in [0.15, 0.2) is 30.3 Å². The highest BCUT2D eigenvalue weighted by atomic mass is 32.2. The summed E-state index contributed by atoms with van der Waals surface area (Å²) in [5, 5.41) is 0. The van der Waals surface area contributed by atoms with E-state index in [0.717, 1.165) is 12.8 Å². The predicted octanol–water partition coefficient (Wildman–Crippen LogP) is 1.66. The Bertz CT molecular complexity index is 671. The van der Waals surface area contributed by atoms with E-state index in [1.807, 2.05) is 6.92 Å². The molecule has 0 bridgehead atoms. The monoisotopic (exact) mass is 353 g/mol. The van der Waals surface area contributed by atoms with Gasteiger partial charge in [-0.2, -0.15) is 0 Å². The molecule has 0 radical (unpaired) electrons. The van der Waals surface area contributed by atoms with E-state index in [1.165, 1.54) is 0 Å². The Morgan fingerprint density at radius 3 is 2.54 bits per heavy atom. The number of ether oxygens (including phenoxy) is 1. The second-order valence-corrected chi connectivity index (χ2v) is 8.17. The Kier molecular flexibility index (Phi) is 6.36. The number of amides is 1. The molecule has 24 heavy (non-hydrogen) atoms. The molecule has 1 aromatic carbocycles. The van der Waals surface area contributed by atoms with Crippen LogP contribution in [0.25, 0.3) is 0 Å². The van der Waals surface area contributed by atoms with Crippen molar-refractivity contribution in [1.29, 1.82) is 0 Å². The van der Waals surface area contributed by atoms with Gasteiger partial charge in [-0.15, -0.1) is 0 Å². The summed E-state index contributed by atoms with van der Waals surface area (Å²) in [7, 11) is -3.07. The largest absolute Gasteiger partial charge is 0.452 e. The third-order valence-corrected chi connectivity index (χ3v) is 5.81. The molecular formula is C17H23NO5S. The van der Waals surface area contributed by atoms with Gasteiger partial charge in [-0.05, 0) is 25.0 Å². The average Bonchev–Trinajstić information content (AvgIpc) is 2.93. The lowest BCUT2D eigenvalue weighted by molar-refractivity contribution is -0.136. The highest BCUT2D eigenvalue weighted by Crippen LogP contribution is 2.19. The summed E-state index contributed by atoms with van der Waals surface area (Å²) in [4.78, 5) is 25.9. The molecule has 6 nitrogen and oxygen atoms in total. The second kappa shape index (κ2) is 8.28. The van der Waals surface area contributed by atoms with E-state index >= 15 is 0 Å². The van der Waals surface area contributed by atoms with Crippen LogP contribution in [-0.2, 0) is 19.4 Å². The topological polar surface area (TPSA) is 80.8 Å². The van der Waals surface area contributed by atoms with Crippen LogP contribution in [0.5, 0.6) is 0 Å². The van der Waals surface area contributed by atoms with E-state index in [2.05, 4.69) is 0 Å². The van der Waals surface area contributed by atoms with Gasteiger partial charge in [0.2, 0.25) is 0 Å². The van der Waals surface area contributed by atoms with Crippen LogP contribution in [0.3, 0.4) is 0 Å². The lowest BCUT2D eigenvalue weighted by atomic mass is 10.2. The molecule has 0 spiro atoms. The number of carbonyl (C=O) groups excluding carboxylic acids is 2. The minimum absolute atomic E-state index is 0.00488. The molecule has 1 fully saturated rings. The first-order chi connectivity index (χ1) is 11.4. The fourth-order valence-corrected chi connectivity index (χ4v) is 4.46. The van der Waals surface area contributed by atoms with E-state index < -0.39 is 15.8 Å². The molecular weight excluding hydrogens is 330 g/mol. The van der Waals surface area contributed by atoms with Gasteiger partial charge in [0.1, 0.15) is 0 Å². The lowest BCUT2D eigenvalue weighted by Crippen LogP contribution is -2.43. The molecule has 0 aromatic heterocycles. The van der Waals surface area contributed by atoms with Gasteiger partial charge in [0.15, 0.2) is 16.4 Å². The molecule has 1 aromatic rings. The first-order valence-electron chi connectivity index (χ1n) is 8.15. The maximum Gasteiger partial charge on any atom is 0.338 e. The van der Waals surface area contributed by atoms with Crippen molar-refractivity contribution in [3.05, 3.63) is 35.9 Å². The Morgan fingerprint density at radius 2 is 1.96 bits per heavy atom. The van der Waals surface area contributed by atoms with E-state index in [9.17, 15) is 18.0 Å². The summed E-state index contributed by atoms with van der Waals surface area (Å²) in [5.41, 5.74) is 0.383. The van der Waals surface area contributed by atoms with Crippen LogP contribution in [0.1, 0.15) is 36.5 Å². The summed E-state index contributed by atoms with van der Waals surface area (Å²) in [6.45, 7) is 2.12. The fraction of sp³-hybridized carbons (Fsp3) is 0.529. The molecule has 1 saturated heterocycles. The number of hydrogen-bond acceptors (Lipinski definition) is 5. The maximum atomic E-state index is 12.4. The average molecular weight is 353 g/mol. The molecule has 1 amide bonds. The van der Waals surface area contributed by atoms with Gasteiger partial charge in [-0.3, -0.25) is 4.79 Å². The van der Waals surface area contributed by atoms with Gasteiger partial charge in [0.25, 0.3) is 5.91 Å². The molecule has 132 valence electrons. The number of unbranched alkanes of at least 4 members (excludes halogenated alkanes) is 1. The Balaban J connectivity index is 1.96. The van der Waals surface area contributed by atoms with Crippen molar-refractivity contribution in [2.75, 3.05) is 24.7 Å². The number of nitrogens with zero attached hydrogens (tertiary/aromatic N) is 1. The van der Waals surface area contributed by atoms with Crippen LogP contribution < -0.4 is 0 Å². The molecule has 1 aliphatic heterocycles. The molecule has 1 heterocycles. The molecule has 0 N–H and O–H groups in total. The summed E-state index contributed by atoms with van der Waals surface area (Å²) in [6, 6.07) is 8.14. The minimum atomic E-state index is -3.07. The molecule has 0 saturated carbocycles. The van der Waals surface area contributed by atoms with Gasteiger partial charge in [-0.25, -0.2) is 13.2 Å². The number of rotatable bonds is 7. The predicted molar refractivity (Wildman–Crippen MR) is 90.4 cm³/mol. The van der Waals surface area contributed by atoms with E-state index in [0.29, 0.717) is 18.5 Å². The number of sulfone groups is 1. The Labute approximate surface area is 142 Å². The second-order valence-electron chi connectivity index (χ2n) is 5.94. The van der Waals surface area contributed by atoms with E-state index in [4.69, 9.17) is 4.74 Å². The summed E-state index contributed by atoms with van der Waals surface area (Å²) >= 11 is 0. The number of benzene rings is 1. The van der Waals surface area contributed by atoms with Crippen molar-refractivity contribution in [1.82, 2.24) is 4.90 Å². The van der Waals surface area contributed by atoms with Crippen molar-refractivity contribution in [3.63, 3.8) is 0 Å². The fourth-order valence-electron chi connectivity index (χ4n) is 2.73. The molecule has 1 aliphatic rings. The highest BCUT2D eigenvalue weighted by Gasteiger charge is 2.34. The van der Waals surface area contributed by atoms with Gasteiger partial charge in [-0.1, -0.05) is 31.5 Å². The number of carbonyl (C=O) groups is 2. The summed E-state index contributed by atoms with van der Waals surface area (Å²) in [6.07, 6.45) is 2.13. The number of esters is 1. The van der Waals surface area contributed by atoms with Gasteiger partial charge in [0.05, 0.1) is 17.1 Å². The third-order valence-electron chi connectivity index (χ3n) is 4.06. The zero-order chi connectivity index (χ0) is 17.6. The molecule has 1 atom stereocenters. The van der Waals surface area contributed by atoms with Crippen molar-refractivity contribution in [3.8, 4) is 0 Å². The van der Waals surface area contributed by atoms with Gasteiger partial charge < -0.3 is 9.64 Å².